The van der Waals surface area contributed by atoms with E-state index in [0.717, 1.165) is 5.69 Å². The molecule has 0 saturated carbocycles. The highest BCUT2D eigenvalue weighted by Crippen LogP contribution is 1.94. The molecule has 0 aromatic carbocycles. The van der Waals surface area contributed by atoms with Crippen molar-refractivity contribution < 1.29 is 9.59 Å². The molecule has 0 bridgehead atoms. The van der Waals surface area contributed by atoms with Crippen LogP contribution in [0.3, 0.4) is 0 Å². The molecule has 6 nitrogen and oxygen atoms in total. The van der Waals surface area contributed by atoms with Crippen LogP contribution in [0.5, 0.6) is 0 Å². The zero-order valence-electron chi connectivity index (χ0n) is 8.86. The number of aryl methyl sites for hydroxylation is 1. The highest BCUT2D eigenvalue weighted by molar-refractivity contribution is 6.19. The van der Waals surface area contributed by atoms with Crippen LogP contribution in [0.15, 0.2) is 12.3 Å². The first kappa shape index (κ1) is 12.5. The second-order valence-corrected chi connectivity index (χ2v) is 3.49. The molecule has 88 valence electrons. The summed E-state index contributed by atoms with van der Waals surface area (Å²) in [6.07, 6.45) is 1.76. The Balaban J connectivity index is 2.31. The maximum atomic E-state index is 11.2. The van der Waals surface area contributed by atoms with Crippen LogP contribution < -0.4 is 10.6 Å². The normalized spacial score (nSPS) is 9.88. The molecular formula is C9H13ClN4O2. The molecule has 0 aliphatic rings. The number of imide groups is 1. The van der Waals surface area contributed by atoms with Crippen molar-refractivity contribution >= 4 is 23.5 Å². The third kappa shape index (κ3) is 3.90. The van der Waals surface area contributed by atoms with Gasteiger partial charge >= 0.3 is 6.03 Å². The average molecular weight is 245 g/mol. The fraction of sp³-hybridized carbons (Fsp3) is 0.444. The van der Waals surface area contributed by atoms with Crippen molar-refractivity contribution in [2.24, 2.45) is 7.05 Å². The number of nitrogens with one attached hydrogen (secondary N) is 2. The molecule has 16 heavy (non-hydrogen) atoms. The van der Waals surface area contributed by atoms with Gasteiger partial charge in [-0.2, -0.15) is 5.10 Å². The molecule has 0 spiro atoms. The summed E-state index contributed by atoms with van der Waals surface area (Å²) in [4.78, 5) is 22.2. The smallest absolute Gasteiger partial charge is 0.321 e. The van der Waals surface area contributed by atoms with E-state index < -0.39 is 11.9 Å². The first-order valence-electron chi connectivity index (χ1n) is 4.74. The molecule has 3 amide bonds. The van der Waals surface area contributed by atoms with E-state index in [4.69, 9.17) is 11.6 Å². The van der Waals surface area contributed by atoms with Crippen LogP contribution in [-0.4, -0.2) is 27.6 Å². The molecule has 0 atom stereocenters. The van der Waals surface area contributed by atoms with E-state index in [9.17, 15) is 9.59 Å². The van der Waals surface area contributed by atoms with Crippen LogP contribution in [0.25, 0.3) is 0 Å². The standard InChI is InChI=1S/C9H13ClN4O2/c1-14-7(3-5-12-14)6-11-9(16)13-8(15)2-4-10/h3,5H,2,4,6H2,1H3,(H2,11,13,15,16). The number of rotatable bonds is 4. The molecule has 7 heteroatoms. The number of hydrogen-bond donors (Lipinski definition) is 2. The van der Waals surface area contributed by atoms with Gasteiger partial charge in [0.05, 0.1) is 12.2 Å². The second-order valence-electron chi connectivity index (χ2n) is 3.12. The number of aromatic nitrogens is 2. The Kier molecular flexibility index (Phi) is 4.78. The maximum absolute atomic E-state index is 11.2. The van der Waals surface area contributed by atoms with Gasteiger partial charge in [0.2, 0.25) is 5.91 Å². The summed E-state index contributed by atoms with van der Waals surface area (Å²) in [5, 5.41) is 8.65. The summed E-state index contributed by atoms with van der Waals surface area (Å²) >= 11 is 5.35. The predicted octanol–water partition coefficient (Wildman–Crippen LogP) is 0.375. The quantitative estimate of drug-likeness (QED) is 0.752. The minimum Gasteiger partial charge on any atom is -0.332 e. The Morgan fingerprint density at radius 2 is 2.31 bits per heavy atom. The molecule has 0 fully saturated rings. The number of halogens is 1. The van der Waals surface area contributed by atoms with Crippen LogP contribution in [0.1, 0.15) is 12.1 Å². The minimum atomic E-state index is -0.531. The van der Waals surface area contributed by atoms with Crippen molar-refractivity contribution in [3.05, 3.63) is 18.0 Å². The van der Waals surface area contributed by atoms with Crippen molar-refractivity contribution in [3.8, 4) is 0 Å². The Morgan fingerprint density at radius 3 is 2.88 bits per heavy atom. The van der Waals surface area contributed by atoms with Crippen LogP contribution in [0.2, 0.25) is 0 Å². The zero-order valence-corrected chi connectivity index (χ0v) is 9.62. The van der Waals surface area contributed by atoms with Crippen LogP contribution in [0, 0.1) is 0 Å². The Morgan fingerprint density at radius 1 is 1.56 bits per heavy atom. The molecule has 0 unspecified atom stereocenters. The van der Waals surface area contributed by atoms with E-state index in [1.165, 1.54) is 0 Å². The third-order valence-electron chi connectivity index (χ3n) is 1.93. The lowest BCUT2D eigenvalue weighted by Crippen LogP contribution is -2.39. The van der Waals surface area contributed by atoms with Gasteiger partial charge in [0.25, 0.3) is 0 Å². The average Bonchev–Trinajstić information content (AvgIpc) is 2.61. The Bertz CT molecular complexity index is 377. The molecule has 0 radical (unpaired) electrons. The number of amides is 3. The molecule has 0 aliphatic heterocycles. The predicted molar refractivity (Wildman–Crippen MR) is 58.9 cm³/mol. The molecular weight excluding hydrogens is 232 g/mol. The molecule has 1 aromatic heterocycles. The topological polar surface area (TPSA) is 76.0 Å². The fourth-order valence-corrected chi connectivity index (χ4v) is 1.24. The van der Waals surface area contributed by atoms with Crippen molar-refractivity contribution in [1.29, 1.82) is 0 Å². The maximum Gasteiger partial charge on any atom is 0.321 e. The highest BCUT2D eigenvalue weighted by Gasteiger charge is 2.07. The first-order chi connectivity index (χ1) is 7.63. The van der Waals surface area contributed by atoms with Crippen LogP contribution in [-0.2, 0) is 18.4 Å². The Hall–Kier alpha value is -1.56. The first-order valence-corrected chi connectivity index (χ1v) is 5.27. The molecule has 0 saturated heterocycles. The number of carbonyl (C=O) groups is 2. The van der Waals surface area contributed by atoms with E-state index in [0.29, 0.717) is 6.54 Å². The minimum absolute atomic E-state index is 0.126. The lowest BCUT2D eigenvalue weighted by molar-refractivity contribution is -0.119. The zero-order chi connectivity index (χ0) is 12.0. The monoisotopic (exact) mass is 244 g/mol. The number of urea groups is 1. The number of hydrogen-bond acceptors (Lipinski definition) is 3. The fourth-order valence-electron chi connectivity index (χ4n) is 1.06. The molecule has 1 aromatic rings. The molecule has 1 rings (SSSR count). The van der Waals surface area contributed by atoms with Gasteiger partial charge in [0.1, 0.15) is 0 Å². The summed E-state index contributed by atoms with van der Waals surface area (Å²) in [7, 11) is 1.77. The highest BCUT2D eigenvalue weighted by atomic mass is 35.5. The van der Waals surface area contributed by atoms with Crippen molar-refractivity contribution in [1.82, 2.24) is 20.4 Å². The van der Waals surface area contributed by atoms with Gasteiger partial charge < -0.3 is 5.32 Å². The van der Waals surface area contributed by atoms with Crippen molar-refractivity contribution in [2.75, 3.05) is 5.88 Å². The van der Waals surface area contributed by atoms with E-state index >= 15 is 0 Å². The van der Waals surface area contributed by atoms with Gasteiger partial charge in [-0.05, 0) is 6.07 Å². The van der Waals surface area contributed by atoms with E-state index in [1.54, 1.807) is 24.0 Å². The van der Waals surface area contributed by atoms with E-state index in [2.05, 4.69) is 15.7 Å². The van der Waals surface area contributed by atoms with E-state index in [-0.39, 0.29) is 12.3 Å². The van der Waals surface area contributed by atoms with Crippen molar-refractivity contribution in [3.63, 3.8) is 0 Å². The summed E-state index contributed by atoms with van der Waals surface area (Å²) in [6.45, 7) is 0.316. The van der Waals surface area contributed by atoms with Gasteiger partial charge in [0, 0.05) is 25.5 Å². The summed E-state index contributed by atoms with van der Waals surface area (Å²) < 4.78 is 1.64. The molecule has 2 N–H and O–H groups in total. The SMILES string of the molecule is Cn1nccc1CNC(=O)NC(=O)CCCl. The van der Waals surface area contributed by atoms with E-state index in [1.807, 2.05) is 0 Å². The second kappa shape index (κ2) is 6.12. The number of alkyl halides is 1. The van der Waals surface area contributed by atoms with Crippen molar-refractivity contribution in [2.45, 2.75) is 13.0 Å². The van der Waals surface area contributed by atoms with Gasteiger partial charge in [-0.25, -0.2) is 4.79 Å². The van der Waals surface area contributed by atoms with Gasteiger partial charge in [0.15, 0.2) is 0 Å². The van der Waals surface area contributed by atoms with Gasteiger partial charge in [-0.15, -0.1) is 11.6 Å². The Labute approximate surface area is 98.0 Å². The number of nitrogens with zero attached hydrogens (tertiary/aromatic N) is 2. The summed E-state index contributed by atoms with van der Waals surface area (Å²) in [6, 6.07) is 1.25. The molecule has 0 aliphatic carbocycles. The van der Waals surface area contributed by atoms with Crippen LogP contribution >= 0.6 is 11.6 Å². The number of carbonyl (C=O) groups excluding carboxylic acids is 2. The van der Waals surface area contributed by atoms with Crippen LogP contribution in [0.4, 0.5) is 4.79 Å². The lowest BCUT2D eigenvalue weighted by Gasteiger charge is -2.06. The largest absolute Gasteiger partial charge is 0.332 e. The van der Waals surface area contributed by atoms with Gasteiger partial charge in [-0.3, -0.25) is 14.8 Å². The lowest BCUT2D eigenvalue weighted by atomic mass is 10.4. The summed E-state index contributed by atoms with van der Waals surface area (Å²) in [5.41, 5.74) is 0.847. The third-order valence-corrected chi connectivity index (χ3v) is 2.12. The van der Waals surface area contributed by atoms with Gasteiger partial charge in [-0.1, -0.05) is 0 Å². The molecule has 1 heterocycles. The summed E-state index contributed by atoms with van der Waals surface area (Å²) in [5.74, 6) is -0.196.